The molecule has 1 aromatic carbocycles. The van der Waals surface area contributed by atoms with E-state index < -0.39 is 15.9 Å². The van der Waals surface area contributed by atoms with Gasteiger partial charge in [0.15, 0.2) is 5.84 Å². The maximum atomic E-state index is 12.5. The molecule has 0 unspecified atom stereocenters. The normalized spacial score (nSPS) is 18.8. The van der Waals surface area contributed by atoms with Gasteiger partial charge in [-0.2, -0.15) is 15.4 Å². The fourth-order valence-corrected chi connectivity index (χ4v) is 3.50. The lowest BCUT2D eigenvalue weighted by atomic mass is 10.1. The van der Waals surface area contributed by atoms with Crippen molar-refractivity contribution in [1.29, 1.82) is 0 Å². The van der Waals surface area contributed by atoms with Gasteiger partial charge in [0.2, 0.25) is 0 Å². The molecule has 4 rings (SSSR count). The van der Waals surface area contributed by atoms with E-state index in [9.17, 15) is 13.2 Å². The van der Waals surface area contributed by atoms with E-state index in [0.717, 1.165) is 0 Å². The fraction of sp³-hybridized carbons (Fsp3) is 0.143. The number of aromatic amines is 1. The molecule has 0 radical (unpaired) electrons. The summed E-state index contributed by atoms with van der Waals surface area (Å²) in [7, 11) is -3.54. The summed E-state index contributed by atoms with van der Waals surface area (Å²) in [6.45, 7) is 0.271. The lowest BCUT2D eigenvalue weighted by molar-refractivity contribution is -0.112. The summed E-state index contributed by atoms with van der Waals surface area (Å²) < 4.78 is 27.2. The molecule has 2 aliphatic heterocycles. The minimum Gasteiger partial charge on any atom is -0.331 e. The number of anilines is 1. The number of fused-ring (bicyclic) bond motifs is 2. The number of nitrogens with one attached hydrogen (secondary N) is 2. The van der Waals surface area contributed by atoms with E-state index >= 15 is 0 Å². The Bertz CT molecular complexity index is 1030. The first-order chi connectivity index (χ1) is 11.5. The number of hydrogen-bond acceptors (Lipinski definition) is 6. The van der Waals surface area contributed by atoms with Crippen LogP contribution in [0, 0.1) is 0 Å². The lowest BCUT2D eigenvalue weighted by Crippen LogP contribution is -2.40. The molecule has 3 heterocycles. The summed E-state index contributed by atoms with van der Waals surface area (Å²) >= 11 is 0. The second-order valence-electron chi connectivity index (χ2n) is 5.30. The van der Waals surface area contributed by atoms with Crippen molar-refractivity contribution in [2.75, 3.05) is 17.6 Å². The smallest absolute Gasteiger partial charge is 0.259 e. The number of rotatable bonds is 2. The van der Waals surface area contributed by atoms with E-state index in [-0.39, 0.29) is 23.7 Å². The van der Waals surface area contributed by atoms with Gasteiger partial charge in [-0.1, -0.05) is 0 Å². The maximum Gasteiger partial charge on any atom is 0.259 e. The first-order valence-electron chi connectivity index (χ1n) is 7.12. The van der Waals surface area contributed by atoms with Crippen molar-refractivity contribution in [3.05, 3.63) is 42.1 Å². The van der Waals surface area contributed by atoms with Crippen molar-refractivity contribution in [2.45, 2.75) is 0 Å². The van der Waals surface area contributed by atoms with Crippen LogP contribution in [0.2, 0.25) is 0 Å². The zero-order valence-corrected chi connectivity index (χ0v) is 13.1. The SMILES string of the molecule is O=C(Nc1ccc2n[nH]nc2c1)C1=CC=CN2CCS(=O)(=O)N=C12. The van der Waals surface area contributed by atoms with Gasteiger partial charge >= 0.3 is 0 Å². The van der Waals surface area contributed by atoms with Crippen LogP contribution in [-0.4, -0.2) is 52.8 Å². The highest BCUT2D eigenvalue weighted by molar-refractivity contribution is 7.90. The number of sulfonamides is 1. The molecule has 0 bridgehead atoms. The van der Waals surface area contributed by atoms with Gasteiger partial charge in [0, 0.05) is 18.4 Å². The summed E-state index contributed by atoms with van der Waals surface area (Å²) in [5.41, 5.74) is 2.02. The zero-order chi connectivity index (χ0) is 16.7. The molecule has 1 aromatic heterocycles. The molecule has 9 nitrogen and oxygen atoms in total. The van der Waals surface area contributed by atoms with Crippen molar-refractivity contribution in [1.82, 2.24) is 20.3 Å². The van der Waals surface area contributed by atoms with Crippen LogP contribution in [0.3, 0.4) is 0 Å². The Balaban J connectivity index is 1.64. The average molecular weight is 344 g/mol. The maximum absolute atomic E-state index is 12.5. The minimum atomic E-state index is -3.54. The van der Waals surface area contributed by atoms with Crippen LogP contribution in [0.4, 0.5) is 5.69 Å². The third-order valence-electron chi connectivity index (χ3n) is 3.68. The minimum absolute atomic E-state index is 0.0709. The summed E-state index contributed by atoms with van der Waals surface area (Å²) in [5.74, 6) is -0.370. The van der Waals surface area contributed by atoms with Crippen molar-refractivity contribution in [3.8, 4) is 0 Å². The van der Waals surface area contributed by atoms with Crippen LogP contribution >= 0.6 is 0 Å². The Morgan fingerprint density at radius 2 is 2.08 bits per heavy atom. The number of carbonyl (C=O) groups excluding carboxylic acids is 1. The number of amides is 1. The van der Waals surface area contributed by atoms with Crippen molar-refractivity contribution >= 4 is 38.5 Å². The molecule has 0 spiro atoms. The second kappa shape index (κ2) is 5.27. The molecular weight excluding hydrogens is 332 g/mol. The molecule has 0 fully saturated rings. The van der Waals surface area contributed by atoms with Crippen molar-refractivity contribution in [2.24, 2.45) is 4.40 Å². The van der Waals surface area contributed by atoms with Gasteiger partial charge in [-0.15, -0.1) is 4.40 Å². The number of hydrogen-bond donors (Lipinski definition) is 2. The predicted molar refractivity (Wildman–Crippen MR) is 87.7 cm³/mol. The van der Waals surface area contributed by atoms with Gasteiger partial charge in [0.25, 0.3) is 15.9 Å². The zero-order valence-electron chi connectivity index (χ0n) is 12.3. The Hall–Kier alpha value is -3.01. The number of aromatic nitrogens is 3. The standard InChI is InChI=1S/C14H12N6O3S/c21-14(15-9-3-4-11-12(8-9)17-19-16-11)10-2-1-5-20-6-7-24(22,23)18-13(10)20/h1-5,8H,6-7H2,(H,15,21)(H,16,17,19). The number of allylic oxidation sites excluding steroid dienone is 2. The molecule has 24 heavy (non-hydrogen) atoms. The first kappa shape index (κ1) is 14.6. The summed E-state index contributed by atoms with van der Waals surface area (Å²) in [6.07, 6.45) is 4.93. The van der Waals surface area contributed by atoms with Gasteiger partial charge in [-0.05, 0) is 30.4 Å². The summed E-state index contributed by atoms with van der Waals surface area (Å²) in [4.78, 5) is 14.2. The van der Waals surface area contributed by atoms with Crippen molar-refractivity contribution < 1.29 is 13.2 Å². The highest BCUT2D eigenvalue weighted by atomic mass is 32.2. The van der Waals surface area contributed by atoms with E-state index in [1.807, 2.05) is 0 Å². The quantitative estimate of drug-likeness (QED) is 0.813. The molecule has 2 aliphatic rings. The number of nitrogens with zero attached hydrogens (tertiary/aromatic N) is 4. The molecule has 2 N–H and O–H groups in total. The summed E-state index contributed by atoms with van der Waals surface area (Å²) in [5, 5.41) is 13.1. The Morgan fingerprint density at radius 3 is 2.96 bits per heavy atom. The number of carbonyl (C=O) groups is 1. The number of H-pyrrole nitrogens is 1. The Kier molecular flexibility index (Phi) is 3.20. The number of benzene rings is 1. The molecule has 122 valence electrons. The van der Waals surface area contributed by atoms with Crippen LogP contribution in [0.25, 0.3) is 11.0 Å². The van der Waals surface area contributed by atoms with Crippen LogP contribution in [0.1, 0.15) is 0 Å². The molecule has 1 amide bonds. The third kappa shape index (κ3) is 2.56. The third-order valence-corrected chi connectivity index (χ3v) is 4.83. The molecular formula is C14H12N6O3S. The van der Waals surface area contributed by atoms with Gasteiger partial charge in [0.1, 0.15) is 11.0 Å². The highest BCUT2D eigenvalue weighted by Crippen LogP contribution is 2.20. The summed E-state index contributed by atoms with van der Waals surface area (Å²) in [6, 6.07) is 5.09. The second-order valence-corrected chi connectivity index (χ2v) is 7.05. The first-order valence-corrected chi connectivity index (χ1v) is 8.73. The Labute approximate surface area is 136 Å². The number of amidine groups is 1. The molecule has 0 aliphatic carbocycles. The molecule has 2 aromatic rings. The fourth-order valence-electron chi connectivity index (χ4n) is 2.51. The van der Waals surface area contributed by atoms with Crippen LogP contribution < -0.4 is 5.32 Å². The molecule has 0 atom stereocenters. The van der Waals surface area contributed by atoms with Crippen LogP contribution in [0.5, 0.6) is 0 Å². The predicted octanol–water partition coefficient (Wildman–Crippen LogP) is 0.394. The Morgan fingerprint density at radius 1 is 1.25 bits per heavy atom. The largest absolute Gasteiger partial charge is 0.331 e. The average Bonchev–Trinajstić information content (AvgIpc) is 3.01. The van der Waals surface area contributed by atoms with Crippen LogP contribution in [-0.2, 0) is 14.8 Å². The van der Waals surface area contributed by atoms with Gasteiger partial charge < -0.3 is 10.2 Å². The topological polar surface area (TPSA) is 120 Å². The van der Waals surface area contributed by atoms with Gasteiger partial charge in [-0.3, -0.25) is 4.79 Å². The van der Waals surface area contributed by atoms with E-state index in [2.05, 4.69) is 25.1 Å². The van der Waals surface area contributed by atoms with Gasteiger partial charge in [0.05, 0.1) is 11.3 Å². The molecule has 10 heteroatoms. The van der Waals surface area contributed by atoms with E-state index in [0.29, 0.717) is 16.7 Å². The van der Waals surface area contributed by atoms with E-state index in [4.69, 9.17) is 0 Å². The highest BCUT2D eigenvalue weighted by Gasteiger charge is 2.29. The monoisotopic (exact) mass is 344 g/mol. The van der Waals surface area contributed by atoms with Crippen LogP contribution in [0.15, 0.2) is 46.5 Å². The van der Waals surface area contributed by atoms with E-state index in [1.165, 1.54) is 0 Å². The molecule has 0 saturated carbocycles. The lowest BCUT2D eigenvalue weighted by Gasteiger charge is -2.28. The van der Waals surface area contributed by atoms with E-state index in [1.54, 1.807) is 41.5 Å². The van der Waals surface area contributed by atoms with Gasteiger partial charge in [-0.25, -0.2) is 8.42 Å². The van der Waals surface area contributed by atoms with Crippen molar-refractivity contribution in [3.63, 3.8) is 0 Å². The molecule has 0 saturated heterocycles.